The number of nitrogens with two attached hydrogens (primary N) is 1. The second-order valence-corrected chi connectivity index (χ2v) is 7.33. The number of benzene rings is 3. The molecule has 7 nitrogen and oxygen atoms in total. The minimum atomic E-state index is -1.33. The monoisotopic (exact) mass is 440 g/mol. The summed E-state index contributed by atoms with van der Waals surface area (Å²) >= 11 is 0. The zero-order valence-electron chi connectivity index (χ0n) is 17.1. The standard InChI is InChI=1S/C25H17FN4O3/c26-19-12-15(8-11-18(19)25(31)32)20-13-21-22(24(27)30-29-21)23(28-20)14-6-9-17(10-7-14)33-16-4-2-1-3-5-16/h1-13H,(H,31,32)(H3,27,29,30). The average molecular weight is 440 g/mol. The van der Waals surface area contributed by atoms with Crippen LogP contribution in [0.25, 0.3) is 33.4 Å². The first kappa shape index (κ1) is 20.2. The van der Waals surface area contributed by atoms with E-state index in [1.165, 1.54) is 12.1 Å². The SMILES string of the molecule is Nc1n[nH]c2cc(-c3ccc(C(=O)O)c(F)c3)nc(-c3ccc(Oc4ccccc4)cc3)c12. The van der Waals surface area contributed by atoms with Crippen LogP contribution in [0.1, 0.15) is 10.4 Å². The second kappa shape index (κ2) is 8.08. The fraction of sp³-hybridized carbons (Fsp3) is 0. The number of carboxylic acids is 1. The van der Waals surface area contributed by atoms with Gasteiger partial charge in [0.1, 0.15) is 17.3 Å². The number of hydrogen-bond acceptors (Lipinski definition) is 5. The molecule has 0 aliphatic rings. The number of anilines is 1. The van der Waals surface area contributed by atoms with Gasteiger partial charge in [0.05, 0.1) is 27.9 Å². The Kier molecular flexibility index (Phi) is 4.95. The number of halogens is 1. The second-order valence-electron chi connectivity index (χ2n) is 7.33. The molecule has 8 heteroatoms. The van der Waals surface area contributed by atoms with Crippen molar-refractivity contribution in [2.75, 3.05) is 5.73 Å². The Labute approximate surface area is 187 Å². The summed E-state index contributed by atoms with van der Waals surface area (Å²) in [6.45, 7) is 0. The van der Waals surface area contributed by atoms with Gasteiger partial charge in [-0.3, -0.25) is 5.10 Å². The lowest BCUT2D eigenvalue weighted by Crippen LogP contribution is -2.00. The van der Waals surface area contributed by atoms with Gasteiger partial charge in [-0.2, -0.15) is 5.10 Å². The summed E-state index contributed by atoms with van der Waals surface area (Å²) in [5.74, 6) is -0.504. The van der Waals surface area contributed by atoms with E-state index >= 15 is 0 Å². The molecule has 0 amide bonds. The summed E-state index contributed by atoms with van der Waals surface area (Å²) in [5.41, 5.74) is 8.50. The number of nitrogens with zero attached hydrogens (tertiary/aromatic N) is 2. The van der Waals surface area contributed by atoms with Gasteiger partial charge in [-0.25, -0.2) is 14.2 Å². The van der Waals surface area contributed by atoms with Gasteiger partial charge in [-0.15, -0.1) is 0 Å². The zero-order chi connectivity index (χ0) is 22.9. The van der Waals surface area contributed by atoms with E-state index in [0.29, 0.717) is 33.6 Å². The third-order valence-corrected chi connectivity index (χ3v) is 5.17. The number of carboxylic acid groups (broad SMARTS) is 1. The fourth-order valence-corrected chi connectivity index (χ4v) is 3.58. The summed E-state index contributed by atoms with van der Waals surface area (Å²) in [7, 11) is 0. The Balaban J connectivity index is 1.57. The van der Waals surface area contributed by atoms with Crippen LogP contribution in [0.4, 0.5) is 10.2 Å². The molecule has 0 fully saturated rings. The van der Waals surface area contributed by atoms with Crippen LogP contribution in [-0.4, -0.2) is 26.3 Å². The Hall–Kier alpha value is -4.72. The highest BCUT2D eigenvalue weighted by Crippen LogP contribution is 2.34. The molecule has 33 heavy (non-hydrogen) atoms. The van der Waals surface area contributed by atoms with Crippen molar-refractivity contribution in [2.45, 2.75) is 0 Å². The van der Waals surface area contributed by atoms with E-state index in [4.69, 9.17) is 20.6 Å². The van der Waals surface area contributed by atoms with E-state index in [2.05, 4.69) is 10.2 Å². The third-order valence-electron chi connectivity index (χ3n) is 5.17. The van der Waals surface area contributed by atoms with Crippen LogP contribution in [0.3, 0.4) is 0 Å². The molecule has 0 aliphatic heterocycles. The number of H-pyrrole nitrogens is 1. The first-order valence-electron chi connectivity index (χ1n) is 10.0. The number of aromatic carboxylic acids is 1. The van der Waals surface area contributed by atoms with Gasteiger partial charge in [-0.05, 0) is 54.6 Å². The van der Waals surface area contributed by atoms with E-state index in [0.717, 1.165) is 17.4 Å². The molecule has 0 saturated heterocycles. The molecule has 0 unspecified atom stereocenters. The van der Waals surface area contributed by atoms with Crippen molar-refractivity contribution in [1.82, 2.24) is 15.2 Å². The number of nitrogen functional groups attached to an aromatic ring is 1. The van der Waals surface area contributed by atoms with Crippen molar-refractivity contribution in [3.05, 3.63) is 90.2 Å². The van der Waals surface area contributed by atoms with Gasteiger partial charge >= 0.3 is 5.97 Å². The van der Waals surface area contributed by atoms with E-state index in [9.17, 15) is 9.18 Å². The molecule has 4 N–H and O–H groups in total. The highest BCUT2D eigenvalue weighted by Gasteiger charge is 2.17. The molecular formula is C25H17FN4O3. The summed E-state index contributed by atoms with van der Waals surface area (Å²) in [4.78, 5) is 15.8. The van der Waals surface area contributed by atoms with Gasteiger partial charge in [0.25, 0.3) is 0 Å². The van der Waals surface area contributed by atoms with Crippen LogP contribution < -0.4 is 10.5 Å². The number of aromatic nitrogens is 3. The molecule has 0 radical (unpaired) electrons. The molecule has 5 aromatic rings. The van der Waals surface area contributed by atoms with Crippen molar-refractivity contribution in [2.24, 2.45) is 0 Å². The molecule has 3 aromatic carbocycles. The Morgan fingerprint density at radius 2 is 1.64 bits per heavy atom. The number of fused-ring (bicyclic) bond motifs is 1. The van der Waals surface area contributed by atoms with Gasteiger partial charge in [0.2, 0.25) is 0 Å². The number of ether oxygens (including phenoxy) is 1. The summed E-state index contributed by atoms with van der Waals surface area (Å²) < 4.78 is 20.1. The highest BCUT2D eigenvalue weighted by atomic mass is 19.1. The average Bonchev–Trinajstić information content (AvgIpc) is 3.20. The molecule has 0 bridgehead atoms. The van der Waals surface area contributed by atoms with Crippen molar-refractivity contribution in [1.29, 1.82) is 0 Å². The van der Waals surface area contributed by atoms with Crippen molar-refractivity contribution in [3.8, 4) is 34.0 Å². The number of nitrogens with one attached hydrogen (secondary N) is 1. The van der Waals surface area contributed by atoms with Crippen LogP contribution in [-0.2, 0) is 0 Å². The van der Waals surface area contributed by atoms with E-state index in [1.54, 1.807) is 6.07 Å². The van der Waals surface area contributed by atoms with E-state index in [1.807, 2.05) is 54.6 Å². The topological polar surface area (TPSA) is 114 Å². The van der Waals surface area contributed by atoms with Gasteiger partial charge in [0.15, 0.2) is 5.82 Å². The minimum absolute atomic E-state index is 0.288. The molecular weight excluding hydrogens is 423 g/mol. The Morgan fingerprint density at radius 1 is 0.939 bits per heavy atom. The first-order valence-corrected chi connectivity index (χ1v) is 10.0. The molecule has 0 saturated carbocycles. The lowest BCUT2D eigenvalue weighted by Gasteiger charge is -2.10. The van der Waals surface area contributed by atoms with Crippen molar-refractivity contribution in [3.63, 3.8) is 0 Å². The quantitative estimate of drug-likeness (QED) is 0.332. The number of para-hydroxylation sites is 1. The first-order chi connectivity index (χ1) is 16.0. The normalized spacial score (nSPS) is 10.9. The molecule has 5 rings (SSSR count). The fourth-order valence-electron chi connectivity index (χ4n) is 3.58. The maximum Gasteiger partial charge on any atom is 0.338 e. The van der Waals surface area contributed by atoms with Crippen LogP contribution in [0, 0.1) is 5.82 Å². The van der Waals surface area contributed by atoms with Crippen LogP contribution in [0.15, 0.2) is 78.9 Å². The molecule has 0 spiro atoms. The van der Waals surface area contributed by atoms with E-state index < -0.39 is 17.3 Å². The largest absolute Gasteiger partial charge is 0.478 e. The summed E-state index contributed by atoms with van der Waals surface area (Å²) in [6, 6.07) is 22.4. The van der Waals surface area contributed by atoms with Gasteiger partial charge in [-0.1, -0.05) is 24.3 Å². The van der Waals surface area contributed by atoms with Crippen LogP contribution in [0.2, 0.25) is 0 Å². The van der Waals surface area contributed by atoms with Crippen molar-refractivity contribution >= 4 is 22.7 Å². The van der Waals surface area contributed by atoms with Crippen LogP contribution in [0.5, 0.6) is 11.5 Å². The highest BCUT2D eigenvalue weighted by molar-refractivity contribution is 6.01. The van der Waals surface area contributed by atoms with E-state index in [-0.39, 0.29) is 5.82 Å². The maximum absolute atomic E-state index is 14.3. The lowest BCUT2D eigenvalue weighted by molar-refractivity contribution is 0.0692. The third kappa shape index (κ3) is 3.85. The predicted octanol–water partition coefficient (Wildman–Crippen LogP) is 5.50. The number of carbonyl (C=O) groups is 1. The maximum atomic E-state index is 14.3. The molecule has 0 aliphatic carbocycles. The summed E-state index contributed by atoms with van der Waals surface area (Å²) in [6.07, 6.45) is 0. The molecule has 2 heterocycles. The summed E-state index contributed by atoms with van der Waals surface area (Å²) in [5, 5.41) is 16.7. The number of hydrogen-bond donors (Lipinski definition) is 3. The van der Waals surface area contributed by atoms with Crippen molar-refractivity contribution < 1.29 is 19.0 Å². The van der Waals surface area contributed by atoms with Gasteiger partial charge in [0, 0.05) is 11.1 Å². The Morgan fingerprint density at radius 3 is 2.33 bits per heavy atom. The number of aromatic amines is 1. The zero-order valence-corrected chi connectivity index (χ0v) is 17.1. The smallest absolute Gasteiger partial charge is 0.338 e. The molecule has 2 aromatic heterocycles. The molecule has 0 atom stereocenters. The van der Waals surface area contributed by atoms with Gasteiger partial charge < -0.3 is 15.6 Å². The minimum Gasteiger partial charge on any atom is -0.478 e. The van der Waals surface area contributed by atoms with Crippen LogP contribution >= 0.6 is 0 Å². The lowest BCUT2D eigenvalue weighted by atomic mass is 10.0. The molecule has 162 valence electrons. The predicted molar refractivity (Wildman–Crippen MR) is 123 cm³/mol. The Bertz CT molecular complexity index is 1480. The number of rotatable bonds is 5. The number of pyridine rings is 1.